The molecule has 172 valence electrons. The third-order valence-corrected chi connectivity index (χ3v) is 7.16. The van der Waals surface area contributed by atoms with Crippen molar-refractivity contribution in [2.45, 2.75) is 62.5 Å². The normalized spacial score (nSPS) is 24.6. The van der Waals surface area contributed by atoms with Crippen LogP contribution in [0.1, 0.15) is 33.6 Å². The predicted octanol–water partition coefficient (Wildman–Crippen LogP) is 3.95. The standard InChI is InChI=1S/C21H26ClFN6O2S/c1-21(2,3)31-20(30)29-10-6-7-11(29)12-9-27(4)17-13-15(14(23)16(22)25-17)24-19(32-5)26-18(13)28(12)8-10/h10-12H,6-9H2,1-5H3/t10-,11+,12-/m1/s1. The van der Waals surface area contributed by atoms with Crippen LogP contribution in [0.3, 0.4) is 0 Å². The average molecular weight is 481 g/mol. The first kappa shape index (κ1) is 21.8. The third-order valence-electron chi connectivity index (χ3n) is 6.37. The summed E-state index contributed by atoms with van der Waals surface area (Å²) < 4.78 is 20.7. The van der Waals surface area contributed by atoms with Crippen LogP contribution in [0.4, 0.5) is 20.8 Å². The molecule has 0 unspecified atom stereocenters. The number of thioether (sulfide) groups is 1. The second kappa shape index (κ2) is 7.48. The fourth-order valence-electron chi connectivity index (χ4n) is 5.13. The molecular formula is C21H26ClFN6O2S. The van der Waals surface area contributed by atoms with E-state index >= 15 is 4.39 Å². The molecule has 0 aromatic carbocycles. The van der Waals surface area contributed by atoms with Crippen LogP contribution in [0.5, 0.6) is 0 Å². The largest absolute Gasteiger partial charge is 0.444 e. The lowest BCUT2D eigenvalue weighted by atomic mass is 10.0. The molecule has 32 heavy (non-hydrogen) atoms. The Hall–Kier alpha value is -2.07. The summed E-state index contributed by atoms with van der Waals surface area (Å²) in [4.78, 5) is 32.7. The average Bonchev–Trinajstić information content (AvgIpc) is 3.00. The van der Waals surface area contributed by atoms with Crippen molar-refractivity contribution in [1.29, 1.82) is 0 Å². The first-order chi connectivity index (χ1) is 15.1. The summed E-state index contributed by atoms with van der Waals surface area (Å²) >= 11 is 7.50. The monoisotopic (exact) mass is 480 g/mol. The minimum Gasteiger partial charge on any atom is -0.444 e. The number of hydrogen-bond donors (Lipinski definition) is 0. The first-order valence-electron chi connectivity index (χ1n) is 10.7. The molecule has 2 aromatic heterocycles. The molecule has 11 heteroatoms. The maximum atomic E-state index is 15.0. The fourth-order valence-corrected chi connectivity index (χ4v) is 5.66. The molecule has 0 N–H and O–H groups in total. The predicted molar refractivity (Wildman–Crippen MR) is 123 cm³/mol. The highest BCUT2D eigenvalue weighted by Crippen LogP contribution is 2.44. The van der Waals surface area contributed by atoms with Gasteiger partial charge in [0, 0.05) is 20.1 Å². The smallest absolute Gasteiger partial charge is 0.410 e. The van der Waals surface area contributed by atoms with Gasteiger partial charge in [0.25, 0.3) is 0 Å². The molecular weight excluding hydrogens is 455 g/mol. The quantitative estimate of drug-likeness (QED) is 0.345. The number of amides is 1. The zero-order valence-electron chi connectivity index (χ0n) is 18.7. The highest BCUT2D eigenvalue weighted by molar-refractivity contribution is 7.98. The number of carbonyl (C=O) groups excluding carboxylic acids is 1. The van der Waals surface area contributed by atoms with E-state index in [-0.39, 0.29) is 34.9 Å². The first-order valence-corrected chi connectivity index (χ1v) is 12.3. The van der Waals surface area contributed by atoms with Crippen molar-refractivity contribution >= 4 is 52.0 Å². The highest BCUT2D eigenvalue weighted by atomic mass is 35.5. The van der Waals surface area contributed by atoms with E-state index in [9.17, 15) is 4.79 Å². The minimum absolute atomic E-state index is 0.00538. The number of piperazine rings is 1. The van der Waals surface area contributed by atoms with Gasteiger partial charge < -0.3 is 14.5 Å². The Labute approximate surface area is 195 Å². The Balaban J connectivity index is 1.64. The van der Waals surface area contributed by atoms with Crippen LogP contribution in [0.15, 0.2) is 5.16 Å². The van der Waals surface area contributed by atoms with Gasteiger partial charge in [0.15, 0.2) is 16.1 Å². The van der Waals surface area contributed by atoms with E-state index in [0.717, 1.165) is 12.8 Å². The summed E-state index contributed by atoms with van der Waals surface area (Å²) in [5, 5.41) is 0.845. The van der Waals surface area contributed by atoms with E-state index in [2.05, 4.69) is 14.9 Å². The topological polar surface area (TPSA) is 74.7 Å². The summed E-state index contributed by atoms with van der Waals surface area (Å²) in [6.45, 7) is 6.82. The number of fused-ring (bicyclic) bond motifs is 5. The summed E-state index contributed by atoms with van der Waals surface area (Å²) in [7, 11) is 1.91. The number of rotatable bonds is 1. The number of likely N-dealkylation sites (N-methyl/N-ethyl adjacent to an activating group) is 1. The minimum atomic E-state index is -0.633. The van der Waals surface area contributed by atoms with E-state index in [0.29, 0.717) is 35.3 Å². The maximum Gasteiger partial charge on any atom is 0.410 e. The van der Waals surface area contributed by atoms with Crippen LogP contribution in [-0.2, 0) is 4.74 Å². The van der Waals surface area contributed by atoms with Gasteiger partial charge in [0.1, 0.15) is 22.8 Å². The summed E-state index contributed by atoms with van der Waals surface area (Å²) in [6.07, 6.45) is 3.35. The van der Waals surface area contributed by atoms with Crippen molar-refractivity contribution in [1.82, 2.24) is 19.9 Å². The molecule has 0 spiro atoms. The van der Waals surface area contributed by atoms with Gasteiger partial charge >= 0.3 is 6.09 Å². The SMILES string of the molecule is CSc1nc2c3c(nc(Cl)c(F)c3n1)N(C)C[C@@H]1[C@@H]3CC[C@H](CN21)N3C(=O)OC(C)(C)C. The number of ether oxygens (including phenoxy) is 1. The van der Waals surface area contributed by atoms with E-state index in [1.54, 1.807) is 0 Å². The van der Waals surface area contributed by atoms with Gasteiger partial charge in [-0.3, -0.25) is 4.90 Å². The second-order valence-electron chi connectivity index (χ2n) is 9.58. The molecule has 3 aliphatic heterocycles. The summed E-state index contributed by atoms with van der Waals surface area (Å²) in [6, 6.07) is -0.0793. The Morgan fingerprint density at radius 3 is 2.59 bits per heavy atom. The van der Waals surface area contributed by atoms with Crippen LogP contribution in [0.2, 0.25) is 5.15 Å². The van der Waals surface area contributed by atoms with Crippen molar-refractivity contribution in [2.75, 3.05) is 36.2 Å². The third kappa shape index (κ3) is 3.34. The van der Waals surface area contributed by atoms with Gasteiger partial charge in [-0.05, 0) is 39.9 Å². The molecule has 2 bridgehead atoms. The zero-order chi connectivity index (χ0) is 22.9. The Morgan fingerprint density at radius 2 is 1.91 bits per heavy atom. The molecule has 5 rings (SSSR count). The van der Waals surface area contributed by atoms with Crippen LogP contribution >= 0.6 is 23.4 Å². The van der Waals surface area contributed by atoms with Gasteiger partial charge in [-0.15, -0.1) is 0 Å². The van der Waals surface area contributed by atoms with Gasteiger partial charge in [0.05, 0.1) is 23.5 Å². The molecule has 3 atom stereocenters. The molecule has 2 aromatic rings. The number of pyridine rings is 1. The number of halogens is 2. The molecule has 3 aliphatic rings. The van der Waals surface area contributed by atoms with E-state index in [1.165, 1.54) is 11.8 Å². The van der Waals surface area contributed by atoms with Crippen molar-refractivity contribution in [3.05, 3.63) is 11.0 Å². The lowest BCUT2D eigenvalue weighted by molar-refractivity contribution is 0.00793. The van der Waals surface area contributed by atoms with Crippen LogP contribution in [-0.4, -0.2) is 76.1 Å². The zero-order valence-corrected chi connectivity index (χ0v) is 20.3. The number of nitrogens with zero attached hydrogens (tertiary/aromatic N) is 6. The molecule has 0 aliphatic carbocycles. The van der Waals surface area contributed by atoms with E-state index < -0.39 is 11.4 Å². The Kier molecular flexibility index (Phi) is 5.09. The molecule has 8 nitrogen and oxygen atoms in total. The van der Waals surface area contributed by atoms with Gasteiger partial charge in [-0.1, -0.05) is 23.4 Å². The molecule has 2 fully saturated rings. The van der Waals surface area contributed by atoms with Crippen molar-refractivity contribution < 1.29 is 13.9 Å². The molecule has 2 saturated heterocycles. The van der Waals surface area contributed by atoms with Crippen molar-refractivity contribution in [3.8, 4) is 0 Å². The highest BCUT2D eigenvalue weighted by Gasteiger charge is 2.51. The lowest BCUT2D eigenvalue weighted by Gasteiger charge is -2.47. The molecule has 0 saturated carbocycles. The van der Waals surface area contributed by atoms with Gasteiger partial charge in [-0.25, -0.2) is 24.1 Å². The number of aromatic nitrogens is 3. The number of carbonyl (C=O) groups is 1. The summed E-state index contributed by atoms with van der Waals surface area (Å²) in [5.41, 5.74) is -0.377. The number of hydrogen-bond acceptors (Lipinski definition) is 8. The van der Waals surface area contributed by atoms with Crippen molar-refractivity contribution in [3.63, 3.8) is 0 Å². The van der Waals surface area contributed by atoms with E-state index in [1.807, 2.05) is 43.9 Å². The maximum absolute atomic E-state index is 15.0. The van der Waals surface area contributed by atoms with Crippen LogP contribution in [0.25, 0.3) is 10.9 Å². The number of anilines is 2. The Morgan fingerprint density at radius 1 is 1.16 bits per heavy atom. The van der Waals surface area contributed by atoms with E-state index in [4.69, 9.17) is 21.3 Å². The van der Waals surface area contributed by atoms with Crippen molar-refractivity contribution in [2.24, 2.45) is 0 Å². The van der Waals surface area contributed by atoms with Gasteiger partial charge in [-0.2, -0.15) is 0 Å². The molecule has 0 radical (unpaired) electrons. The fraction of sp³-hybridized carbons (Fsp3) is 0.619. The lowest BCUT2D eigenvalue weighted by Crippen LogP contribution is -2.64. The van der Waals surface area contributed by atoms with Gasteiger partial charge in [0.2, 0.25) is 0 Å². The van der Waals surface area contributed by atoms with Crippen LogP contribution < -0.4 is 9.80 Å². The second-order valence-corrected chi connectivity index (χ2v) is 10.7. The molecule has 5 heterocycles. The molecule has 1 amide bonds. The van der Waals surface area contributed by atoms with Crippen LogP contribution in [0, 0.1) is 5.82 Å². The Bertz CT molecular complexity index is 1110. The summed E-state index contributed by atoms with van der Waals surface area (Å²) in [5.74, 6) is 0.585.